The Hall–Kier alpha value is -1.35. The minimum absolute atomic E-state index is 0.191. The number of halogens is 1. The van der Waals surface area contributed by atoms with Crippen LogP contribution >= 0.6 is 15.9 Å². The second kappa shape index (κ2) is 5.32. The van der Waals surface area contributed by atoms with Crippen molar-refractivity contribution in [2.45, 2.75) is 13.3 Å². The lowest BCUT2D eigenvalue weighted by Crippen LogP contribution is -2.07. The third-order valence-corrected chi connectivity index (χ3v) is 3.52. The van der Waals surface area contributed by atoms with Crippen molar-refractivity contribution in [2.75, 3.05) is 6.61 Å². The Bertz CT molecular complexity index is 549. The summed E-state index contributed by atoms with van der Waals surface area (Å²) in [6.45, 7) is 2.23. The molecule has 0 aromatic heterocycles. The van der Waals surface area contributed by atoms with E-state index in [0.29, 0.717) is 13.0 Å². The molecule has 3 heteroatoms. The molecule has 2 aromatic carbocycles. The van der Waals surface area contributed by atoms with Crippen LogP contribution in [0.4, 0.5) is 0 Å². The van der Waals surface area contributed by atoms with Crippen LogP contribution < -0.4 is 0 Å². The van der Waals surface area contributed by atoms with E-state index in [4.69, 9.17) is 4.74 Å². The molecule has 0 heterocycles. The third kappa shape index (κ3) is 2.67. The first-order valence-corrected chi connectivity index (χ1v) is 6.33. The number of carbonyl (C=O) groups excluding carboxylic acids is 1. The zero-order valence-corrected chi connectivity index (χ0v) is 11.2. The van der Waals surface area contributed by atoms with Crippen LogP contribution in [0, 0.1) is 0 Å². The van der Waals surface area contributed by atoms with Gasteiger partial charge in [0.15, 0.2) is 0 Å². The van der Waals surface area contributed by atoms with Crippen LogP contribution in [0.25, 0.3) is 10.8 Å². The molecule has 0 amide bonds. The molecular formula is C14H13BrO2. The molecule has 0 aliphatic carbocycles. The van der Waals surface area contributed by atoms with Crippen molar-refractivity contribution in [3.05, 3.63) is 46.4 Å². The second-order valence-corrected chi connectivity index (χ2v) is 4.53. The van der Waals surface area contributed by atoms with Crippen molar-refractivity contribution in [1.82, 2.24) is 0 Å². The fourth-order valence-corrected chi connectivity index (χ4v) is 2.42. The molecular weight excluding hydrogens is 280 g/mol. The van der Waals surface area contributed by atoms with Gasteiger partial charge in [-0.1, -0.05) is 36.4 Å². The molecule has 0 aliphatic rings. The lowest BCUT2D eigenvalue weighted by atomic mass is 10.1. The van der Waals surface area contributed by atoms with E-state index in [1.807, 2.05) is 43.3 Å². The van der Waals surface area contributed by atoms with Crippen LogP contribution in [0.5, 0.6) is 0 Å². The maximum atomic E-state index is 11.5. The molecule has 0 atom stereocenters. The van der Waals surface area contributed by atoms with Gasteiger partial charge in [-0.25, -0.2) is 0 Å². The molecule has 17 heavy (non-hydrogen) atoms. The first-order chi connectivity index (χ1) is 8.22. The Balaban J connectivity index is 2.36. The van der Waals surface area contributed by atoms with E-state index < -0.39 is 0 Å². The molecule has 0 aliphatic heterocycles. The fraction of sp³-hybridized carbons (Fsp3) is 0.214. The van der Waals surface area contributed by atoms with Crippen molar-refractivity contribution in [1.29, 1.82) is 0 Å². The van der Waals surface area contributed by atoms with Gasteiger partial charge in [-0.05, 0) is 39.2 Å². The maximum absolute atomic E-state index is 11.5. The highest BCUT2D eigenvalue weighted by atomic mass is 79.9. The van der Waals surface area contributed by atoms with Gasteiger partial charge in [0.1, 0.15) is 0 Å². The van der Waals surface area contributed by atoms with Crippen LogP contribution in [-0.4, -0.2) is 12.6 Å². The summed E-state index contributed by atoms with van der Waals surface area (Å²) in [5, 5.41) is 2.28. The van der Waals surface area contributed by atoms with Crippen LogP contribution in [0.1, 0.15) is 12.5 Å². The summed E-state index contributed by atoms with van der Waals surface area (Å²) in [6, 6.07) is 12.1. The van der Waals surface area contributed by atoms with Gasteiger partial charge in [0.2, 0.25) is 0 Å². The van der Waals surface area contributed by atoms with Crippen LogP contribution in [0.3, 0.4) is 0 Å². The van der Waals surface area contributed by atoms with E-state index in [0.717, 1.165) is 20.8 Å². The van der Waals surface area contributed by atoms with Gasteiger partial charge in [-0.2, -0.15) is 0 Å². The highest BCUT2D eigenvalue weighted by Crippen LogP contribution is 2.28. The van der Waals surface area contributed by atoms with E-state index in [-0.39, 0.29) is 5.97 Å². The zero-order chi connectivity index (χ0) is 12.3. The quantitative estimate of drug-likeness (QED) is 0.806. The van der Waals surface area contributed by atoms with Gasteiger partial charge in [-0.15, -0.1) is 0 Å². The van der Waals surface area contributed by atoms with Gasteiger partial charge >= 0.3 is 5.97 Å². The number of ether oxygens (including phenoxy) is 1. The standard InChI is InChI=1S/C14H13BrO2/c1-2-17-13(16)9-11-8-7-10-5-3-4-6-12(10)14(11)15/h3-8H,2,9H2,1H3. The lowest BCUT2D eigenvalue weighted by molar-refractivity contribution is -0.142. The molecule has 0 saturated heterocycles. The summed E-state index contributed by atoms with van der Waals surface area (Å²) in [5.74, 6) is -0.191. The largest absolute Gasteiger partial charge is 0.466 e. The summed E-state index contributed by atoms with van der Waals surface area (Å²) in [4.78, 5) is 11.5. The Morgan fingerprint density at radius 3 is 2.76 bits per heavy atom. The predicted molar refractivity (Wildman–Crippen MR) is 72.0 cm³/mol. The Labute approximate surface area is 109 Å². The molecule has 0 bridgehead atoms. The minimum Gasteiger partial charge on any atom is -0.466 e. The average molecular weight is 293 g/mol. The molecule has 2 aromatic rings. The molecule has 88 valence electrons. The van der Waals surface area contributed by atoms with Crippen molar-refractivity contribution < 1.29 is 9.53 Å². The SMILES string of the molecule is CCOC(=O)Cc1ccc2ccccc2c1Br. The second-order valence-electron chi connectivity index (χ2n) is 3.74. The molecule has 0 radical (unpaired) electrons. The highest BCUT2D eigenvalue weighted by molar-refractivity contribution is 9.10. The number of esters is 1. The fourth-order valence-electron chi connectivity index (χ4n) is 1.78. The average Bonchev–Trinajstić information content (AvgIpc) is 2.33. The number of hydrogen-bond donors (Lipinski definition) is 0. The smallest absolute Gasteiger partial charge is 0.310 e. The Kier molecular flexibility index (Phi) is 3.79. The van der Waals surface area contributed by atoms with Crippen LogP contribution in [0.2, 0.25) is 0 Å². The zero-order valence-electron chi connectivity index (χ0n) is 9.57. The van der Waals surface area contributed by atoms with Crippen molar-refractivity contribution in [3.63, 3.8) is 0 Å². The molecule has 0 N–H and O–H groups in total. The Morgan fingerprint density at radius 1 is 1.24 bits per heavy atom. The van der Waals surface area contributed by atoms with Gasteiger partial charge in [0.05, 0.1) is 13.0 Å². The molecule has 0 fully saturated rings. The van der Waals surface area contributed by atoms with E-state index >= 15 is 0 Å². The maximum Gasteiger partial charge on any atom is 0.310 e. The topological polar surface area (TPSA) is 26.3 Å². The van der Waals surface area contributed by atoms with E-state index in [1.54, 1.807) is 0 Å². The van der Waals surface area contributed by atoms with Gasteiger partial charge in [-0.3, -0.25) is 4.79 Å². The monoisotopic (exact) mass is 292 g/mol. The van der Waals surface area contributed by atoms with E-state index in [2.05, 4.69) is 15.9 Å². The molecule has 0 unspecified atom stereocenters. The van der Waals surface area contributed by atoms with Gasteiger partial charge in [0.25, 0.3) is 0 Å². The summed E-state index contributed by atoms with van der Waals surface area (Å²) < 4.78 is 5.93. The summed E-state index contributed by atoms with van der Waals surface area (Å²) >= 11 is 3.55. The van der Waals surface area contributed by atoms with Crippen LogP contribution in [0.15, 0.2) is 40.9 Å². The summed E-state index contributed by atoms with van der Waals surface area (Å²) in [5.41, 5.74) is 0.960. The first-order valence-electron chi connectivity index (χ1n) is 5.54. The number of benzene rings is 2. The number of rotatable bonds is 3. The van der Waals surface area contributed by atoms with Crippen molar-refractivity contribution >= 4 is 32.7 Å². The lowest BCUT2D eigenvalue weighted by Gasteiger charge is -2.07. The number of fused-ring (bicyclic) bond motifs is 1. The van der Waals surface area contributed by atoms with E-state index in [1.165, 1.54) is 0 Å². The highest BCUT2D eigenvalue weighted by Gasteiger charge is 2.09. The van der Waals surface area contributed by atoms with Crippen molar-refractivity contribution in [3.8, 4) is 0 Å². The minimum atomic E-state index is -0.191. The Morgan fingerprint density at radius 2 is 2.00 bits per heavy atom. The normalized spacial score (nSPS) is 10.5. The van der Waals surface area contributed by atoms with Gasteiger partial charge in [0, 0.05) is 4.47 Å². The number of hydrogen-bond acceptors (Lipinski definition) is 2. The molecule has 2 nitrogen and oxygen atoms in total. The number of carbonyl (C=O) groups is 1. The molecule has 0 saturated carbocycles. The summed E-state index contributed by atoms with van der Waals surface area (Å²) in [7, 11) is 0. The van der Waals surface area contributed by atoms with Crippen molar-refractivity contribution in [2.24, 2.45) is 0 Å². The van der Waals surface area contributed by atoms with Crippen LogP contribution in [-0.2, 0) is 16.0 Å². The van der Waals surface area contributed by atoms with E-state index in [9.17, 15) is 4.79 Å². The molecule has 0 spiro atoms. The first kappa shape index (κ1) is 12.1. The predicted octanol–water partition coefficient (Wildman–Crippen LogP) is 3.71. The molecule has 2 rings (SSSR count). The summed E-state index contributed by atoms with van der Waals surface area (Å²) in [6.07, 6.45) is 0.305. The third-order valence-electron chi connectivity index (χ3n) is 2.58. The van der Waals surface area contributed by atoms with Gasteiger partial charge < -0.3 is 4.74 Å².